The summed E-state index contributed by atoms with van der Waals surface area (Å²) < 4.78 is 2.50. The molecule has 1 heterocycles. The zero-order chi connectivity index (χ0) is 9.97. The maximum atomic E-state index is 2.50. The van der Waals surface area contributed by atoms with Gasteiger partial charge in [-0.15, -0.1) is 0 Å². The van der Waals surface area contributed by atoms with Gasteiger partial charge in [0.25, 0.3) is 0 Å². The molecule has 0 amide bonds. The molecule has 0 N–H and O–H groups in total. The Morgan fingerprint density at radius 3 is 2.79 bits per heavy atom. The van der Waals surface area contributed by atoms with E-state index in [1.165, 1.54) is 29.8 Å². The molecule has 0 bridgehead atoms. The Morgan fingerprint density at radius 2 is 2.14 bits per heavy atom. The van der Waals surface area contributed by atoms with Crippen molar-refractivity contribution in [1.29, 1.82) is 0 Å². The van der Waals surface area contributed by atoms with E-state index in [9.17, 15) is 0 Å². The second-order valence-electron chi connectivity index (χ2n) is 3.99. The molecule has 1 aromatic carbocycles. The van der Waals surface area contributed by atoms with Crippen LogP contribution in [0.5, 0.6) is 0 Å². The van der Waals surface area contributed by atoms with E-state index < -0.39 is 0 Å². The van der Waals surface area contributed by atoms with Gasteiger partial charge in [-0.05, 0) is 50.3 Å². The normalized spacial score (nSPS) is 22.9. The summed E-state index contributed by atoms with van der Waals surface area (Å²) in [5.41, 5.74) is 1.39. The van der Waals surface area contributed by atoms with E-state index in [0.29, 0.717) is 0 Å². The predicted molar refractivity (Wildman–Crippen MR) is 62.4 cm³/mol. The highest BCUT2D eigenvalue weighted by molar-refractivity contribution is 7.97. The largest absolute Gasteiger partial charge is 0.244 e. The molecule has 2 heteroatoms. The van der Waals surface area contributed by atoms with E-state index >= 15 is 0 Å². The van der Waals surface area contributed by atoms with Crippen LogP contribution in [-0.2, 0) is 0 Å². The summed E-state index contributed by atoms with van der Waals surface area (Å²) in [7, 11) is 0. The third-order valence-electron chi connectivity index (χ3n) is 2.80. The van der Waals surface area contributed by atoms with Gasteiger partial charge in [-0.25, -0.2) is 4.31 Å². The number of hydrogen-bond acceptors (Lipinski definition) is 2. The highest BCUT2D eigenvalue weighted by Crippen LogP contribution is 2.32. The third kappa shape index (κ3) is 2.12. The molecule has 2 rings (SSSR count). The third-order valence-corrected chi connectivity index (χ3v) is 4.23. The molecule has 1 nitrogen and oxygen atoms in total. The summed E-state index contributed by atoms with van der Waals surface area (Å²) in [4.78, 5) is 1.40. The van der Waals surface area contributed by atoms with Crippen molar-refractivity contribution in [1.82, 2.24) is 4.31 Å². The summed E-state index contributed by atoms with van der Waals surface area (Å²) in [5.74, 6) is 0. The Bertz CT molecular complexity index is 311. The fraction of sp³-hybridized carbons (Fsp3) is 0.500. The van der Waals surface area contributed by atoms with E-state index in [1.807, 2.05) is 11.9 Å². The van der Waals surface area contributed by atoms with Crippen LogP contribution < -0.4 is 0 Å². The summed E-state index contributed by atoms with van der Waals surface area (Å²) in [6, 6.07) is 9.36. The van der Waals surface area contributed by atoms with Gasteiger partial charge in [-0.1, -0.05) is 18.2 Å². The van der Waals surface area contributed by atoms with Crippen molar-refractivity contribution >= 4 is 11.9 Å². The molecule has 0 aromatic heterocycles. The molecule has 1 aromatic rings. The van der Waals surface area contributed by atoms with Crippen molar-refractivity contribution in [2.75, 3.05) is 6.54 Å². The highest BCUT2D eigenvalue weighted by Gasteiger charge is 2.21. The zero-order valence-electron chi connectivity index (χ0n) is 8.86. The Balaban J connectivity index is 2.07. The van der Waals surface area contributed by atoms with E-state index in [-0.39, 0.29) is 0 Å². The molecule has 1 fully saturated rings. The van der Waals surface area contributed by atoms with Crippen molar-refractivity contribution in [3.8, 4) is 0 Å². The van der Waals surface area contributed by atoms with Crippen LogP contribution in [-0.4, -0.2) is 16.9 Å². The number of aryl methyl sites for hydroxylation is 1. The summed E-state index contributed by atoms with van der Waals surface area (Å²) in [6.07, 6.45) is 2.69. The molecule has 0 spiro atoms. The van der Waals surface area contributed by atoms with Gasteiger partial charge in [-0.2, -0.15) is 0 Å². The van der Waals surface area contributed by atoms with E-state index in [2.05, 4.69) is 42.4 Å². The minimum absolute atomic E-state index is 0.736. The average molecular weight is 207 g/mol. The van der Waals surface area contributed by atoms with Gasteiger partial charge in [0.15, 0.2) is 0 Å². The SMILES string of the molecule is Cc1ccccc1SN1CCCC1C. The minimum Gasteiger partial charge on any atom is -0.244 e. The van der Waals surface area contributed by atoms with Crippen LogP contribution in [0.3, 0.4) is 0 Å². The average Bonchev–Trinajstić information content (AvgIpc) is 2.56. The van der Waals surface area contributed by atoms with Crippen LogP contribution in [0.25, 0.3) is 0 Å². The summed E-state index contributed by atoms with van der Waals surface area (Å²) in [6.45, 7) is 5.74. The Morgan fingerprint density at radius 1 is 1.36 bits per heavy atom. The van der Waals surface area contributed by atoms with Gasteiger partial charge in [-0.3, -0.25) is 0 Å². The van der Waals surface area contributed by atoms with E-state index in [1.54, 1.807) is 0 Å². The molecule has 1 atom stereocenters. The lowest BCUT2D eigenvalue weighted by Gasteiger charge is -2.20. The van der Waals surface area contributed by atoms with Crippen molar-refractivity contribution in [2.24, 2.45) is 0 Å². The van der Waals surface area contributed by atoms with Crippen LogP contribution >= 0.6 is 11.9 Å². The fourth-order valence-corrected chi connectivity index (χ4v) is 2.94. The molecule has 76 valence electrons. The maximum absolute atomic E-state index is 2.50. The van der Waals surface area contributed by atoms with Crippen molar-refractivity contribution in [3.05, 3.63) is 29.8 Å². The van der Waals surface area contributed by atoms with Gasteiger partial charge in [0.05, 0.1) is 0 Å². The van der Waals surface area contributed by atoms with Gasteiger partial charge < -0.3 is 0 Å². The molecule has 0 saturated carbocycles. The molecule has 0 radical (unpaired) electrons. The molecule has 1 saturated heterocycles. The number of hydrogen-bond donors (Lipinski definition) is 0. The standard InChI is InChI=1S/C12H17NS/c1-10-6-3-4-8-12(10)14-13-9-5-7-11(13)2/h3-4,6,8,11H,5,7,9H2,1-2H3. The van der Waals surface area contributed by atoms with Crippen LogP contribution in [0.4, 0.5) is 0 Å². The molecular weight excluding hydrogens is 190 g/mol. The minimum atomic E-state index is 0.736. The van der Waals surface area contributed by atoms with Crippen LogP contribution in [0.2, 0.25) is 0 Å². The van der Waals surface area contributed by atoms with Gasteiger partial charge in [0, 0.05) is 17.5 Å². The molecule has 1 aliphatic rings. The Hall–Kier alpha value is -0.470. The van der Waals surface area contributed by atoms with Crippen molar-refractivity contribution in [3.63, 3.8) is 0 Å². The van der Waals surface area contributed by atoms with Gasteiger partial charge in [0.2, 0.25) is 0 Å². The topological polar surface area (TPSA) is 3.24 Å². The first-order chi connectivity index (χ1) is 6.77. The Labute approximate surface area is 90.6 Å². The first-order valence-electron chi connectivity index (χ1n) is 5.27. The summed E-state index contributed by atoms with van der Waals surface area (Å²) in [5, 5.41) is 0. The molecular formula is C12H17NS. The number of rotatable bonds is 2. The lowest BCUT2D eigenvalue weighted by molar-refractivity contribution is 0.467. The van der Waals surface area contributed by atoms with Gasteiger partial charge in [0.1, 0.15) is 0 Å². The molecule has 1 unspecified atom stereocenters. The smallest absolute Gasteiger partial charge is 0.0259 e. The van der Waals surface area contributed by atoms with Crippen LogP contribution in [0, 0.1) is 6.92 Å². The van der Waals surface area contributed by atoms with Gasteiger partial charge >= 0.3 is 0 Å². The first kappa shape index (κ1) is 10.1. The van der Waals surface area contributed by atoms with Crippen molar-refractivity contribution in [2.45, 2.75) is 37.6 Å². The lowest BCUT2D eigenvalue weighted by Crippen LogP contribution is -2.18. The second kappa shape index (κ2) is 4.37. The molecule has 0 aliphatic carbocycles. The Kier molecular flexibility index (Phi) is 3.14. The monoisotopic (exact) mass is 207 g/mol. The molecule has 1 aliphatic heterocycles. The second-order valence-corrected chi connectivity index (χ2v) is 5.08. The van der Waals surface area contributed by atoms with Crippen LogP contribution in [0.15, 0.2) is 29.2 Å². The fourth-order valence-electron chi connectivity index (χ4n) is 1.83. The maximum Gasteiger partial charge on any atom is 0.0259 e. The highest BCUT2D eigenvalue weighted by atomic mass is 32.2. The first-order valence-corrected chi connectivity index (χ1v) is 6.05. The predicted octanol–water partition coefficient (Wildman–Crippen LogP) is 3.49. The molecule has 14 heavy (non-hydrogen) atoms. The van der Waals surface area contributed by atoms with E-state index in [0.717, 1.165) is 6.04 Å². The number of nitrogens with zero attached hydrogens (tertiary/aromatic N) is 1. The van der Waals surface area contributed by atoms with Crippen LogP contribution in [0.1, 0.15) is 25.3 Å². The van der Waals surface area contributed by atoms with E-state index in [4.69, 9.17) is 0 Å². The number of benzene rings is 1. The summed E-state index contributed by atoms with van der Waals surface area (Å²) >= 11 is 1.92. The lowest BCUT2D eigenvalue weighted by atomic mass is 10.2. The zero-order valence-corrected chi connectivity index (χ0v) is 9.68. The quantitative estimate of drug-likeness (QED) is 0.683. The van der Waals surface area contributed by atoms with Crippen molar-refractivity contribution < 1.29 is 0 Å².